The monoisotopic (exact) mass is 270 g/mol. The molecule has 102 valence electrons. The van der Waals surface area contributed by atoms with Gasteiger partial charge in [0.25, 0.3) is 0 Å². The predicted octanol–water partition coefficient (Wildman–Crippen LogP) is 2.18. The summed E-state index contributed by atoms with van der Waals surface area (Å²) in [5, 5.41) is 0. The molecule has 2 aliphatic carbocycles. The topological polar surface area (TPSA) is 52.6 Å². The van der Waals surface area contributed by atoms with Crippen molar-refractivity contribution >= 4 is 11.9 Å². The molecule has 0 saturated carbocycles. The molecule has 0 aliphatic heterocycles. The van der Waals surface area contributed by atoms with E-state index in [2.05, 4.69) is 9.47 Å². The molecule has 0 amide bonds. The highest BCUT2D eigenvalue weighted by Gasteiger charge is 2.12. The van der Waals surface area contributed by atoms with Crippen molar-refractivity contribution in [2.45, 2.75) is 0 Å². The number of carbonyl (C=O) groups is 2. The van der Waals surface area contributed by atoms with Crippen LogP contribution in [0.1, 0.15) is 0 Å². The molecule has 0 saturated heterocycles. The van der Waals surface area contributed by atoms with Gasteiger partial charge in [0.05, 0.1) is 25.4 Å². The average molecular weight is 270 g/mol. The molecule has 0 N–H and O–H groups in total. The fraction of sp³-hybridized carbons (Fsp3) is 0.125. The van der Waals surface area contributed by atoms with Gasteiger partial charge in [-0.1, -0.05) is 24.3 Å². The molecule has 0 fully saturated rings. The van der Waals surface area contributed by atoms with Gasteiger partial charge in [-0.2, -0.15) is 0 Å². The van der Waals surface area contributed by atoms with Gasteiger partial charge >= 0.3 is 11.9 Å². The van der Waals surface area contributed by atoms with Crippen LogP contribution < -0.4 is 0 Å². The Morgan fingerprint density at radius 3 is 1.45 bits per heavy atom. The summed E-state index contributed by atoms with van der Waals surface area (Å²) in [6, 6.07) is 0. The molecule has 0 bridgehead atoms. The van der Waals surface area contributed by atoms with E-state index in [1.165, 1.54) is 14.2 Å². The van der Waals surface area contributed by atoms with Gasteiger partial charge in [-0.05, 0) is 35.5 Å². The molecule has 4 heteroatoms. The number of esters is 2. The number of allylic oxidation sites excluding steroid dienone is 8. The first-order chi connectivity index (χ1) is 9.65. The van der Waals surface area contributed by atoms with Crippen LogP contribution in [0.2, 0.25) is 0 Å². The summed E-state index contributed by atoms with van der Waals surface area (Å²) in [5.74, 6) is -0.769. The normalized spacial score (nSPS) is 16.7. The van der Waals surface area contributed by atoms with Gasteiger partial charge < -0.3 is 9.47 Å². The zero-order valence-electron chi connectivity index (χ0n) is 11.3. The second-order valence-electron chi connectivity index (χ2n) is 4.14. The first-order valence-corrected chi connectivity index (χ1v) is 6.03. The summed E-state index contributed by atoms with van der Waals surface area (Å²) in [5.41, 5.74) is 2.74. The minimum Gasteiger partial charge on any atom is -0.465 e. The van der Waals surface area contributed by atoms with E-state index < -0.39 is 0 Å². The maximum Gasteiger partial charge on any atom is 0.337 e. The number of carbonyl (C=O) groups excluding carboxylic acids is 2. The van der Waals surface area contributed by atoms with E-state index in [0.717, 1.165) is 11.1 Å². The van der Waals surface area contributed by atoms with Crippen LogP contribution >= 0.6 is 0 Å². The smallest absolute Gasteiger partial charge is 0.337 e. The van der Waals surface area contributed by atoms with Gasteiger partial charge in [-0.15, -0.1) is 0 Å². The molecule has 0 spiro atoms. The first-order valence-electron chi connectivity index (χ1n) is 6.03. The molecule has 2 rings (SSSR count). The van der Waals surface area contributed by atoms with E-state index in [4.69, 9.17) is 0 Å². The second kappa shape index (κ2) is 6.02. The van der Waals surface area contributed by atoms with Crippen LogP contribution in [0.3, 0.4) is 0 Å². The SMILES string of the molecule is COC(=O)C1=CC=C2C=CC(C(=O)OC)=CC=C2C=C1. The Balaban J connectivity index is 2.35. The molecule has 0 aromatic rings. The summed E-state index contributed by atoms with van der Waals surface area (Å²) in [7, 11) is 2.69. The number of hydrogen-bond acceptors (Lipinski definition) is 4. The van der Waals surface area contributed by atoms with Gasteiger partial charge in [-0.3, -0.25) is 0 Å². The molecule has 20 heavy (non-hydrogen) atoms. The van der Waals surface area contributed by atoms with E-state index >= 15 is 0 Å². The lowest BCUT2D eigenvalue weighted by atomic mass is 10.1. The molecule has 0 heterocycles. The minimum atomic E-state index is -0.384. The van der Waals surface area contributed by atoms with Crippen molar-refractivity contribution in [3.63, 3.8) is 0 Å². The molecular formula is C16H14O4. The van der Waals surface area contributed by atoms with Gasteiger partial charge in [-0.25, -0.2) is 9.59 Å². The number of hydrogen-bond donors (Lipinski definition) is 0. The van der Waals surface area contributed by atoms with Crippen LogP contribution in [0.15, 0.2) is 70.9 Å². The standard InChI is InChI=1S/C16H14O4/c1-19-15(17)13-7-3-11-5-9-14(16(18)20-2)10-6-12(11)4-8-13/h3-10H,1-2H3. The fourth-order valence-electron chi connectivity index (χ4n) is 1.83. The van der Waals surface area contributed by atoms with Crippen molar-refractivity contribution in [1.29, 1.82) is 0 Å². The number of rotatable bonds is 2. The van der Waals surface area contributed by atoms with Crippen molar-refractivity contribution < 1.29 is 19.1 Å². The molecule has 0 atom stereocenters. The largest absolute Gasteiger partial charge is 0.465 e. The Kier molecular flexibility index (Phi) is 4.15. The summed E-state index contributed by atoms with van der Waals surface area (Å²) >= 11 is 0. The van der Waals surface area contributed by atoms with Crippen LogP contribution in [-0.4, -0.2) is 26.2 Å². The third kappa shape index (κ3) is 2.85. The quantitative estimate of drug-likeness (QED) is 0.722. The molecule has 0 unspecified atom stereocenters. The van der Waals surface area contributed by atoms with Crippen LogP contribution in [0.4, 0.5) is 0 Å². The third-order valence-corrected chi connectivity index (χ3v) is 2.95. The molecule has 2 aliphatic rings. The summed E-state index contributed by atoms with van der Waals surface area (Å²) in [6.45, 7) is 0. The van der Waals surface area contributed by atoms with Gasteiger partial charge in [0, 0.05) is 0 Å². The van der Waals surface area contributed by atoms with Crippen molar-refractivity contribution in [1.82, 2.24) is 0 Å². The lowest BCUT2D eigenvalue weighted by Crippen LogP contribution is -2.02. The van der Waals surface area contributed by atoms with E-state index in [9.17, 15) is 9.59 Å². The molecule has 4 nitrogen and oxygen atoms in total. The van der Waals surface area contributed by atoms with Crippen LogP contribution in [0.25, 0.3) is 0 Å². The Morgan fingerprint density at radius 2 is 1.10 bits per heavy atom. The van der Waals surface area contributed by atoms with Gasteiger partial charge in [0.15, 0.2) is 0 Å². The summed E-state index contributed by atoms with van der Waals surface area (Å²) < 4.78 is 9.38. The maximum absolute atomic E-state index is 11.5. The molecular weight excluding hydrogens is 256 g/mol. The highest BCUT2D eigenvalue weighted by atomic mass is 16.5. The minimum absolute atomic E-state index is 0.384. The van der Waals surface area contributed by atoms with E-state index in [-0.39, 0.29) is 11.9 Å². The highest BCUT2D eigenvalue weighted by Crippen LogP contribution is 2.23. The van der Waals surface area contributed by atoms with Crippen molar-refractivity contribution in [3.8, 4) is 0 Å². The fourth-order valence-corrected chi connectivity index (χ4v) is 1.83. The average Bonchev–Trinajstić information content (AvgIpc) is 2.79. The number of fused-ring (bicyclic) bond motifs is 1. The van der Waals surface area contributed by atoms with Crippen molar-refractivity contribution in [2.75, 3.05) is 14.2 Å². The highest BCUT2D eigenvalue weighted by molar-refractivity contribution is 5.93. The zero-order valence-corrected chi connectivity index (χ0v) is 11.3. The summed E-state index contributed by atoms with van der Waals surface area (Å²) in [6.07, 6.45) is 14.0. The van der Waals surface area contributed by atoms with Gasteiger partial charge in [0.2, 0.25) is 0 Å². The lowest BCUT2D eigenvalue weighted by molar-refractivity contribution is -0.136. The van der Waals surface area contributed by atoms with Crippen LogP contribution in [0, 0.1) is 0 Å². The molecule has 0 aromatic heterocycles. The van der Waals surface area contributed by atoms with E-state index in [0.29, 0.717) is 11.1 Å². The molecule has 0 radical (unpaired) electrons. The molecule has 0 aromatic carbocycles. The van der Waals surface area contributed by atoms with Crippen molar-refractivity contribution in [3.05, 3.63) is 70.9 Å². The second-order valence-corrected chi connectivity index (χ2v) is 4.14. The Bertz CT molecular complexity index is 569. The maximum atomic E-state index is 11.5. The Hall–Kier alpha value is -2.62. The Morgan fingerprint density at radius 1 is 0.700 bits per heavy atom. The first kappa shape index (κ1) is 13.8. The van der Waals surface area contributed by atoms with Crippen molar-refractivity contribution in [2.24, 2.45) is 0 Å². The van der Waals surface area contributed by atoms with Crippen LogP contribution in [0.5, 0.6) is 0 Å². The lowest BCUT2D eigenvalue weighted by Gasteiger charge is -1.98. The van der Waals surface area contributed by atoms with E-state index in [1.54, 1.807) is 24.3 Å². The van der Waals surface area contributed by atoms with Crippen LogP contribution in [-0.2, 0) is 19.1 Å². The Labute approximate surface area is 117 Å². The third-order valence-electron chi connectivity index (χ3n) is 2.95. The predicted molar refractivity (Wildman–Crippen MR) is 74.6 cm³/mol. The zero-order chi connectivity index (χ0) is 14.5. The van der Waals surface area contributed by atoms with Gasteiger partial charge in [0.1, 0.15) is 0 Å². The van der Waals surface area contributed by atoms with E-state index in [1.807, 2.05) is 24.3 Å². The number of methoxy groups -OCH3 is 2. The number of ether oxygens (including phenoxy) is 2. The summed E-state index contributed by atoms with van der Waals surface area (Å²) in [4.78, 5) is 23.0.